The van der Waals surface area contributed by atoms with Crippen molar-refractivity contribution in [3.8, 4) is 0 Å². The predicted octanol–water partition coefficient (Wildman–Crippen LogP) is 3.73. The van der Waals surface area contributed by atoms with Gasteiger partial charge < -0.3 is 5.32 Å². The standard InChI is InChI=1S/C19H16N4O2S/c1-12-20-15-8-7-13(11-17(15)26-12)21-19(25)16-9-10-18(24)23(22-16)14-5-3-2-4-6-14/h2-8,11H,9-10H2,1H3,(H,21,25). The van der Waals surface area contributed by atoms with E-state index in [4.69, 9.17) is 0 Å². The number of para-hydroxylation sites is 1. The molecule has 4 rings (SSSR count). The van der Waals surface area contributed by atoms with Crippen molar-refractivity contribution in [3.63, 3.8) is 0 Å². The van der Waals surface area contributed by atoms with E-state index in [1.165, 1.54) is 5.01 Å². The molecule has 3 aromatic rings. The largest absolute Gasteiger partial charge is 0.321 e. The Morgan fingerprint density at radius 1 is 1.15 bits per heavy atom. The highest BCUT2D eigenvalue weighted by molar-refractivity contribution is 7.18. The first-order chi connectivity index (χ1) is 12.6. The summed E-state index contributed by atoms with van der Waals surface area (Å²) in [4.78, 5) is 29.2. The molecule has 6 nitrogen and oxygen atoms in total. The number of thiazole rings is 1. The average molecular weight is 364 g/mol. The molecule has 7 heteroatoms. The number of anilines is 2. The molecule has 1 aromatic heterocycles. The molecule has 0 fully saturated rings. The van der Waals surface area contributed by atoms with E-state index in [9.17, 15) is 9.59 Å². The second kappa shape index (κ2) is 6.68. The highest BCUT2D eigenvalue weighted by atomic mass is 32.1. The van der Waals surface area contributed by atoms with Crippen molar-refractivity contribution in [1.29, 1.82) is 0 Å². The summed E-state index contributed by atoms with van der Waals surface area (Å²) in [6, 6.07) is 14.7. The van der Waals surface area contributed by atoms with Gasteiger partial charge in [0, 0.05) is 18.5 Å². The van der Waals surface area contributed by atoms with E-state index >= 15 is 0 Å². The van der Waals surface area contributed by atoms with Crippen molar-refractivity contribution in [3.05, 3.63) is 53.5 Å². The first kappa shape index (κ1) is 16.4. The zero-order valence-electron chi connectivity index (χ0n) is 14.1. The fraction of sp³-hybridized carbons (Fsp3) is 0.158. The number of hydrogen-bond donors (Lipinski definition) is 1. The van der Waals surface area contributed by atoms with E-state index in [-0.39, 0.29) is 18.2 Å². The second-order valence-electron chi connectivity index (χ2n) is 5.96. The average Bonchev–Trinajstić information content (AvgIpc) is 3.02. The SMILES string of the molecule is Cc1nc2ccc(NC(=O)C3=NN(c4ccccc4)C(=O)CC3)cc2s1. The molecule has 0 bridgehead atoms. The van der Waals surface area contributed by atoms with Crippen LogP contribution in [0.15, 0.2) is 53.6 Å². The van der Waals surface area contributed by atoms with Gasteiger partial charge in [0.15, 0.2) is 0 Å². The quantitative estimate of drug-likeness (QED) is 0.769. The van der Waals surface area contributed by atoms with Crippen molar-refractivity contribution in [2.75, 3.05) is 10.3 Å². The van der Waals surface area contributed by atoms with E-state index in [2.05, 4.69) is 15.4 Å². The van der Waals surface area contributed by atoms with Gasteiger partial charge in [0.25, 0.3) is 5.91 Å². The molecule has 130 valence electrons. The van der Waals surface area contributed by atoms with Crippen LogP contribution in [-0.4, -0.2) is 22.5 Å². The van der Waals surface area contributed by atoms with Crippen LogP contribution in [-0.2, 0) is 9.59 Å². The van der Waals surface area contributed by atoms with Crippen molar-refractivity contribution >= 4 is 50.5 Å². The molecule has 1 aliphatic rings. The summed E-state index contributed by atoms with van der Waals surface area (Å²) in [5.41, 5.74) is 2.61. The lowest BCUT2D eigenvalue weighted by Crippen LogP contribution is -2.36. The minimum Gasteiger partial charge on any atom is -0.321 e. The molecule has 2 heterocycles. The fourth-order valence-corrected chi connectivity index (χ4v) is 3.67. The summed E-state index contributed by atoms with van der Waals surface area (Å²) < 4.78 is 1.02. The topological polar surface area (TPSA) is 74.7 Å². The predicted molar refractivity (Wildman–Crippen MR) is 104 cm³/mol. The van der Waals surface area contributed by atoms with Crippen LogP contribution >= 0.6 is 11.3 Å². The molecule has 26 heavy (non-hydrogen) atoms. The lowest BCUT2D eigenvalue weighted by molar-refractivity contribution is -0.118. The molecule has 0 saturated heterocycles. The van der Waals surface area contributed by atoms with E-state index in [1.54, 1.807) is 23.5 Å². The minimum absolute atomic E-state index is 0.116. The third-order valence-electron chi connectivity index (χ3n) is 4.05. The fourth-order valence-electron chi connectivity index (χ4n) is 2.81. The van der Waals surface area contributed by atoms with Crippen LogP contribution in [0.25, 0.3) is 10.2 Å². The van der Waals surface area contributed by atoms with Gasteiger partial charge in [-0.3, -0.25) is 9.59 Å². The number of fused-ring (bicyclic) bond motifs is 1. The Balaban J connectivity index is 1.57. The van der Waals surface area contributed by atoms with Gasteiger partial charge in [0.2, 0.25) is 5.91 Å². The maximum Gasteiger partial charge on any atom is 0.271 e. The van der Waals surface area contributed by atoms with Gasteiger partial charge >= 0.3 is 0 Å². The molecule has 0 saturated carbocycles. The Hall–Kier alpha value is -3.06. The molecule has 0 aliphatic carbocycles. The first-order valence-corrected chi connectivity index (χ1v) is 9.06. The summed E-state index contributed by atoms with van der Waals surface area (Å²) in [6.07, 6.45) is 0.587. The maximum absolute atomic E-state index is 12.6. The van der Waals surface area contributed by atoms with Crippen molar-refractivity contribution in [2.24, 2.45) is 5.10 Å². The molecule has 1 N–H and O–H groups in total. The first-order valence-electron chi connectivity index (χ1n) is 8.24. The highest BCUT2D eigenvalue weighted by Gasteiger charge is 2.25. The summed E-state index contributed by atoms with van der Waals surface area (Å²) in [5, 5.41) is 9.43. The summed E-state index contributed by atoms with van der Waals surface area (Å²) >= 11 is 1.58. The van der Waals surface area contributed by atoms with Crippen LogP contribution in [0.5, 0.6) is 0 Å². The van der Waals surface area contributed by atoms with E-state index in [0.29, 0.717) is 23.5 Å². The Labute approximate surface area is 154 Å². The number of carbonyl (C=O) groups excluding carboxylic acids is 2. The van der Waals surface area contributed by atoms with Crippen molar-refractivity contribution in [1.82, 2.24) is 4.98 Å². The molecule has 2 aromatic carbocycles. The van der Waals surface area contributed by atoms with Gasteiger partial charge in [0.1, 0.15) is 5.71 Å². The normalized spacial score (nSPS) is 14.4. The van der Waals surface area contributed by atoms with Gasteiger partial charge in [-0.05, 0) is 37.3 Å². The summed E-state index contributed by atoms with van der Waals surface area (Å²) in [7, 11) is 0. The third-order valence-corrected chi connectivity index (χ3v) is 4.98. The summed E-state index contributed by atoms with van der Waals surface area (Å²) in [5.74, 6) is -0.409. The number of aryl methyl sites for hydroxylation is 1. The van der Waals surface area contributed by atoms with Gasteiger partial charge in [-0.2, -0.15) is 5.10 Å². The number of nitrogens with one attached hydrogen (secondary N) is 1. The Morgan fingerprint density at radius 3 is 2.77 bits per heavy atom. The van der Waals surface area contributed by atoms with Gasteiger partial charge in [0.05, 0.1) is 20.9 Å². The van der Waals surface area contributed by atoms with Crippen LogP contribution in [0.2, 0.25) is 0 Å². The van der Waals surface area contributed by atoms with Crippen LogP contribution in [0, 0.1) is 6.92 Å². The number of hydrogen-bond acceptors (Lipinski definition) is 5. The number of benzene rings is 2. The second-order valence-corrected chi connectivity index (χ2v) is 7.19. The Kier molecular flexibility index (Phi) is 4.22. The van der Waals surface area contributed by atoms with Crippen molar-refractivity contribution in [2.45, 2.75) is 19.8 Å². The van der Waals surface area contributed by atoms with Crippen LogP contribution in [0.4, 0.5) is 11.4 Å². The molecular weight excluding hydrogens is 348 g/mol. The van der Waals surface area contributed by atoms with Gasteiger partial charge in [-0.25, -0.2) is 9.99 Å². The third kappa shape index (κ3) is 3.21. The number of rotatable bonds is 3. The van der Waals surface area contributed by atoms with Gasteiger partial charge in [-0.15, -0.1) is 11.3 Å². The highest BCUT2D eigenvalue weighted by Crippen LogP contribution is 2.25. The zero-order valence-corrected chi connectivity index (χ0v) is 14.9. The molecule has 1 aliphatic heterocycles. The zero-order chi connectivity index (χ0) is 18.1. The number of carbonyl (C=O) groups is 2. The molecular formula is C19H16N4O2S. The van der Waals surface area contributed by atoms with Gasteiger partial charge in [-0.1, -0.05) is 18.2 Å². The van der Waals surface area contributed by atoms with E-state index < -0.39 is 0 Å². The van der Waals surface area contributed by atoms with E-state index in [0.717, 1.165) is 15.2 Å². The number of amides is 2. The maximum atomic E-state index is 12.6. The van der Waals surface area contributed by atoms with E-state index in [1.807, 2.05) is 43.3 Å². The summed E-state index contributed by atoms with van der Waals surface area (Å²) in [6.45, 7) is 1.95. The van der Waals surface area contributed by atoms with Crippen LogP contribution < -0.4 is 10.3 Å². The molecule has 0 atom stereocenters. The molecule has 0 radical (unpaired) electrons. The minimum atomic E-state index is -0.293. The number of aromatic nitrogens is 1. The molecule has 2 amide bonds. The monoisotopic (exact) mass is 364 g/mol. The lowest BCUT2D eigenvalue weighted by atomic mass is 10.1. The number of hydrazone groups is 1. The van der Waals surface area contributed by atoms with Crippen molar-refractivity contribution < 1.29 is 9.59 Å². The molecule has 0 unspecified atom stereocenters. The Morgan fingerprint density at radius 2 is 1.96 bits per heavy atom. The van der Waals surface area contributed by atoms with Crippen LogP contribution in [0.1, 0.15) is 17.8 Å². The lowest BCUT2D eigenvalue weighted by Gasteiger charge is -2.23. The molecule has 0 spiro atoms. The smallest absolute Gasteiger partial charge is 0.271 e. The van der Waals surface area contributed by atoms with Crippen LogP contribution in [0.3, 0.4) is 0 Å². The Bertz CT molecular complexity index is 1030. The number of nitrogens with zero attached hydrogens (tertiary/aromatic N) is 3.